The molecule has 4 rings (SSSR count). The summed E-state index contributed by atoms with van der Waals surface area (Å²) in [5, 5.41) is 11.8. The van der Waals surface area contributed by atoms with Crippen LogP contribution in [0.3, 0.4) is 0 Å². The number of nitrogens with one attached hydrogen (secondary N) is 1. The van der Waals surface area contributed by atoms with Gasteiger partial charge in [-0.25, -0.2) is 4.79 Å². The first kappa shape index (κ1) is 18.3. The van der Waals surface area contributed by atoms with E-state index in [1.165, 1.54) is 6.08 Å². The molecule has 2 heterocycles. The second-order valence-electron chi connectivity index (χ2n) is 6.72. The smallest absolute Gasteiger partial charge is 0.329 e. The van der Waals surface area contributed by atoms with Crippen molar-refractivity contribution in [2.75, 3.05) is 0 Å². The number of carbonyl (C=O) groups excluding carboxylic acids is 2. The molecular weight excluding hydrogens is 366 g/mol. The van der Waals surface area contributed by atoms with Gasteiger partial charge in [0.1, 0.15) is 17.2 Å². The summed E-state index contributed by atoms with van der Waals surface area (Å²) in [5.41, 5.74) is 3.29. The summed E-state index contributed by atoms with van der Waals surface area (Å²) in [5.74, 6) is 0.516. The first-order chi connectivity index (χ1) is 14.0. The van der Waals surface area contributed by atoms with Crippen LogP contribution >= 0.6 is 0 Å². The molecule has 0 radical (unpaired) electrons. The van der Waals surface area contributed by atoms with Crippen molar-refractivity contribution in [3.05, 3.63) is 88.8 Å². The van der Waals surface area contributed by atoms with E-state index in [2.05, 4.69) is 11.4 Å². The molecule has 0 bridgehead atoms. The third kappa shape index (κ3) is 3.66. The van der Waals surface area contributed by atoms with Gasteiger partial charge < -0.3 is 9.73 Å². The van der Waals surface area contributed by atoms with Crippen molar-refractivity contribution in [2.45, 2.75) is 13.5 Å². The zero-order chi connectivity index (χ0) is 20.4. The molecule has 1 aromatic heterocycles. The number of nitriles is 1. The largest absolute Gasteiger partial charge is 0.457 e. The Balaban J connectivity index is 1.56. The van der Waals surface area contributed by atoms with Crippen molar-refractivity contribution in [3.63, 3.8) is 0 Å². The summed E-state index contributed by atoms with van der Waals surface area (Å²) >= 11 is 0. The standard InChI is InChI=1S/C23H17N3O3/c1-15-6-8-16(9-7-15)14-26-22(27)20(25-23(26)28)12-18-10-11-21(29-18)19-5-3-2-4-17(19)13-24/h2-12H,14H2,1H3,(H,25,28)/b20-12+. The average Bonchev–Trinajstić information content (AvgIpc) is 3.30. The van der Waals surface area contributed by atoms with Gasteiger partial charge >= 0.3 is 6.03 Å². The van der Waals surface area contributed by atoms with E-state index in [0.717, 1.165) is 16.0 Å². The summed E-state index contributed by atoms with van der Waals surface area (Å²) in [6.07, 6.45) is 1.49. The van der Waals surface area contributed by atoms with Gasteiger partial charge in [0.25, 0.3) is 5.91 Å². The lowest BCUT2D eigenvalue weighted by Gasteiger charge is -2.11. The van der Waals surface area contributed by atoms with Crippen molar-refractivity contribution >= 4 is 18.0 Å². The van der Waals surface area contributed by atoms with Crippen LogP contribution in [0.1, 0.15) is 22.5 Å². The maximum Gasteiger partial charge on any atom is 0.329 e. The predicted molar refractivity (Wildman–Crippen MR) is 107 cm³/mol. The molecule has 1 fully saturated rings. The zero-order valence-corrected chi connectivity index (χ0v) is 15.7. The van der Waals surface area contributed by atoms with Crippen LogP contribution in [-0.2, 0) is 11.3 Å². The third-order valence-corrected chi connectivity index (χ3v) is 4.65. The van der Waals surface area contributed by atoms with Crippen LogP contribution in [-0.4, -0.2) is 16.8 Å². The fourth-order valence-electron chi connectivity index (χ4n) is 3.10. The van der Waals surface area contributed by atoms with Crippen molar-refractivity contribution in [2.24, 2.45) is 0 Å². The van der Waals surface area contributed by atoms with Crippen molar-refractivity contribution < 1.29 is 14.0 Å². The van der Waals surface area contributed by atoms with E-state index >= 15 is 0 Å². The van der Waals surface area contributed by atoms with E-state index in [-0.39, 0.29) is 12.2 Å². The van der Waals surface area contributed by atoms with Gasteiger partial charge in [-0.2, -0.15) is 5.26 Å². The van der Waals surface area contributed by atoms with E-state index in [1.807, 2.05) is 37.3 Å². The normalized spacial score (nSPS) is 14.9. The van der Waals surface area contributed by atoms with Gasteiger partial charge in [0.05, 0.1) is 18.2 Å². The van der Waals surface area contributed by atoms with Gasteiger partial charge in [0.15, 0.2) is 0 Å². The molecule has 2 aromatic carbocycles. The molecule has 0 saturated carbocycles. The first-order valence-corrected chi connectivity index (χ1v) is 9.04. The van der Waals surface area contributed by atoms with E-state index in [9.17, 15) is 14.9 Å². The molecular formula is C23H17N3O3. The Morgan fingerprint density at radius 1 is 1.07 bits per heavy atom. The number of aryl methyl sites for hydroxylation is 1. The van der Waals surface area contributed by atoms with Crippen LogP contribution < -0.4 is 5.32 Å². The van der Waals surface area contributed by atoms with E-state index < -0.39 is 11.9 Å². The SMILES string of the molecule is Cc1ccc(CN2C(=O)N/C(=C/c3ccc(-c4ccccc4C#N)o3)C2=O)cc1. The maximum atomic E-state index is 12.7. The lowest BCUT2D eigenvalue weighted by Crippen LogP contribution is -2.30. The molecule has 142 valence electrons. The van der Waals surface area contributed by atoms with Gasteiger partial charge in [-0.05, 0) is 36.8 Å². The Bertz CT molecular complexity index is 1170. The molecule has 6 heteroatoms. The number of imide groups is 1. The summed E-state index contributed by atoms with van der Waals surface area (Å²) in [4.78, 5) is 26.1. The Hall–Kier alpha value is -4.11. The van der Waals surface area contributed by atoms with Crippen molar-refractivity contribution in [1.29, 1.82) is 5.26 Å². The second-order valence-corrected chi connectivity index (χ2v) is 6.72. The highest BCUT2D eigenvalue weighted by molar-refractivity contribution is 6.13. The molecule has 1 N–H and O–H groups in total. The lowest BCUT2D eigenvalue weighted by molar-refractivity contribution is -0.123. The summed E-state index contributed by atoms with van der Waals surface area (Å²) in [6, 6.07) is 19.8. The Labute approximate surface area is 167 Å². The molecule has 0 unspecified atom stereocenters. The highest BCUT2D eigenvalue weighted by atomic mass is 16.3. The molecule has 3 amide bonds. The number of rotatable bonds is 4. The Morgan fingerprint density at radius 3 is 2.59 bits per heavy atom. The van der Waals surface area contributed by atoms with Crippen LogP contribution in [0.15, 0.2) is 70.8 Å². The predicted octanol–water partition coefficient (Wildman–Crippen LogP) is 4.22. The highest BCUT2D eigenvalue weighted by Gasteiger charge is 2.33. The van der Waals surface area contributed by atoms with Gasteiger partial charge in [0, 0.05) is 11.6 Å². The number of nitrogens with zero attached hydrogens (tertiary/aromatic N) is 2. The number of benzene rings is 2. The molecule has 29 heavy (non-hydrogen) atoms. The van der Waals surface area contributed by atoms with E-state index in [0.29, 0.717) is 22.6 Å². The third-order valence-electron chi connectivity index (χ3n) is 4.65. The van der Waals surface area contributed by atoms with Crippen molar-refractivity contribution in [1.82, 2.24) is 10.2 Å². The van der Waals surface area contributed by atoms with E-state index in [4.69, 9.17) is 4.42 Å². The number of carbonyl (C=O) groups is 2. The maximum absolute atomic E-state index is 12.7. The van der Waals surface area contributed by atoms with Gasteiger partial charge in [-0.15, -0.1) is 0 Å². The minimum absolute atomic E-state index is 0.150. The monoisotopic (exact) mass is 383 g/mol. The minimum atomic E-state index is -0.469. The van der Waals surface area contributed by atoms with Crippen LogP contribution in [0.2, 0.25) is 0 Å². The Kier molecular flexibility index (Phi) is 4.71. The molecule has 3 aromatic rings. The number of hydrogen-bond donors (Lipinski definition) is 1. The number of urea groups is 1. The van der Waals surface area contributed by atoms with Crippen LogP contribution in [0.4, 0.5) is 4.79 Å². The highest BCUT2D eigenvalue weighted by Crippen LogP contribution is 2.27. The minimum Gasteiger partial charge on any atom is -0.457 e. The fourth-order valence-corrected chi connectivity index (χ4v) is 3.10. The molecule has 0 aliphatic carbocycles. The molecule has 0 atom stereocenters. The van der Waals surface area contributed by atoms with Crippen LogP contribution in [0.25, 0.3) is 17.4 Å². The summed E-state index contributed by atoms with van der Waals surface area (Å²) in [6.45, 7) is 2.17. The number of furan rings is 1. The van der Waals surface area contributed by atoms with E-state index in [1.54, 1.807) is 30.3 Å². The lowest BCUT2D eigenvalue weighted by atomic mass is 10.1. The molecule has 6 nitrogen and oxygen atoms in total. The summed E-state index contributed by atoms with van der Waals surface area (Å²) in [7, 11) is 0. The van der Waals surface area contributed by atoms with Gasteiger partial charge in [-0.1, -0.05) is 42.0 Å². The Morgan fingerprint density at radius 2 is 1.83 bits per heavy atom. The fraction of sp³-hybridized carbons (Fsp3) is 0.0870. The van der Waals surface area contributed by atoms with Gasteiger partial charge in [0.2, 0.25) is 0 Å². The van der Waals surface area contributed by atoms with Crippen molar-refractivity contribution in [3.8, 4) is 17.4 Å². The second kappa shape index (κ2) is 7.49. The molecule has 1 aliphatic rings. The number of hydrogen-bond acceptors (Lipinski definition) is 4. The number of amides is 3. The van der Waals surface area contributed by atoms with Crippen LogP contribution in [0.5, 0.6) is 0 Å². The average molecular weight is 383 g/mol. The molecule has 0 spiro atoms. The quantitative estimate of drug-likeness (QED) is 0.540. The molecule has 1 aliphatic heterocycles. The molecule has 1 saturated heterocycles. The summed E-state index contributed by atoms with van der Waals surface area (Å²) < 4.78 is 5.77. The van der Waals surface area contributed by atoms with Crippen LogP contribution in [0, 0.1) is 18.3 Å². The topological polar surface area (TPSA) is 86.3 Å². The van der Waals surface area contributed by atoms with Gasteiger partial charge in [-0.3, -0.25) is 9.69 Å². The zero-order valence-electron chi connectivity index (χ0n) is 15.7. The first-order valence-electron chi connectivity index (χ1n) is 9.04.